The Labute approximate surface area is 51.8 Å². The summed E-state index contributed by atoms with van der Waals surface area (Å²) in [6.45, 7) is 2.19. The summed E-state index contributed by atoms with van der Waals surface area (Å²) in [5.74, 6) is 0. The normalized spacial score (nSPS) is 8.00. The third-order valence-electron chi connectivity index (χ3n) is 0.683. The van der Waals surface area contributed by atoms with E-state index in [1.54, 1.807) is 0 Å². The Kier molecular flexibility index (Phi) is 6.15. The maximum atomic E-state index is 5.05. The van der Waals surface area contributed by atoms with E-state index in [9.17, 15) is 0 Å². The van der Waals surface area contributed by atoms with Crippen LogP contribution in [0.3, 0.4) is 0 Å². The van der Waals surface area contributed by atoms with Crippen LogP contribution in [0.2, 0.25) is 5.32 Å². The van der Waals surface area contributed by atoms with Crippen LogP contribution >= 0.6 is 0 Å². The molecule has 0 aliphatic heterocycles. The Balaban J connectivity index is 2.60. The number of hydrogen-bond donors (Lipinski definition) is 0. The summed E-state index contributed by atoms with van der Waals surface area (Å²) in [5.41, 5.74) is 0. The van der Waals surface area contributed by atoms with Crippen LogP contribution < -0.4 is 0 Å². The van der Waals surface area contributed by atoms with Crippen LogP contribution in [-0.2, 0) is 0 Å². The van der Waals surface area contributed by atoms with Gasteiger partial charge in [-0.15, -0.1) is 0 Å². The first kappa shape index (κ1) is 7.08. The molecule has 0 heterocycles. The van der Waals surface area contributed by atoms with E-state index in [1.807, 2.05) is 0 Å². The molecule has 0 fully saturated rings. The molecule has 0 aliphatic carbocycles. The van der Waals surface area contributed by atoms with Crippen LogP contribution in [0.1, 0.15) is 19.8 Å². The Morgan fingerprint density at radius 3 is 2.86 bits per heavy atom. The zero-order chi connectivity index (χ0) is 5.54. The quantitative estimate of drug-likeness (QED) is 0.334. The Morgan fingerprint density at radius 1 is 1.71 bits per heavy atom. The second-order valence-corrected chi connectivity index (χ2v) is 3.28. The average molecular weight is 161 g/mol. The second kappa shape index (κ2) is 6.08. The molecule has 0 spiro atoms. The van der Waals surface area contributed by atoms with Gasteiger partial charge in [-0.2, -0.15) is 0 Å². The molecule has 0 aliphatic rings. The predicted octanol–water partition coefficient (Wildman–Crippen LogP) is 1.50. The van der Waals surface area contributed by atoms with E-state index < -0.39 is 0 Å². The van der Waals surface area contributed by atoms with Gasteiger partial charge in [0.2, 0.25) is 0 Å². The molecular weight excluding hydrogens is 151 g/mol. The van der Waals surface area contributed by atoms with Crippen LogP contribution in [-0.4, -0.2) is 15.0 Å². The fraction of sp³-hybridized carbons (Fsp3) is 0.667. The average Bonchev–Trinajstić information content (AvgIpc) is 1.69. The molecule has 0 bridgehead atoms. The van der Waals surface area contributed by atoms with E-state index in [4.69, 9.17) is 6.42 Å². The van der Waals surface area contributed by atoms with Crippen LogP contribution in [0.4, 0.5) is 0 Å². The van der Waals surface area contributed by atoms with E-state index in [2.05, 4.69) is 11.7 Å². The standard InChI is InChI=1S/C6H10Se/c1-3-5-6-7-4-2/h2H,3,5-6H2,1H3. The van der Waals surface area contributed by atoms with E-state index in [0.717, 1.165) is 0 Å². The van der Waals surface area contributed by atoms with E-state index >= 15 is 0 Å². The summed E-state index contributed by atoms with van der Waals surface area (Å²) in [4.78, 5) is 2.66. The summed E-state index contributed by atoms with van der Waals surface area (Å²) in [7, 11) is 0. The fourth-order valence-corrected chi connectivity index (χ4v) is 1.43. The van der Waals surface area contributed by atoms with Crippen LogP contribution in [0.25, 0.3) is 0 Å². The van der Waals surface area contributed by atoms with Crippen molar-refractivity contribution in [3.05, 3.63) is 0 Å². The van der Waals surface area contributed by atoms with Crippen molar-refractivity contribution in [1.29, 1.82) is 0 Å². The molecular formula is C6H10Se. The molecule has 40 valence electrons. The Morgan fingerprint density at radius 2 is 2.43 bits per heavy atom. The van der Waals surface area contributed by atoms with Gasteiger partial charge in [0.15, 0.2) is 0 Å². The first-order valence-corrected chi connectivity index (χ1v) is 4.56. The number of hydrogen-bond acceptors (Lipinski definition) is 0. The van der Waals surface area contributed by atoms with Crippen molar-refractivity contribution in [3.63, 3.8) is 0 Å². The molecule has 0 radical (unpaired) electrons. The van der Waals surface area contributed by atoms with Crippen molar-refractivity contribution in [3.8, 4) is 11.2 Å². The first-order chi connectivity index (χ1) is 3.41. The molecule has 0 atom stereocenters. The number of rotatable bonds is 3. The molecule has 0 rings (SSSR count). The molecule has 1 heteroatoms. The fourth-order valence-electron chi connectivity index (χ4n) is 0.275. The molecule has 0 nitrogen and oxygen atoms in total. The molecule has 0 unspecified atom stereocenters. The van der Waals surface area contributed by atoms with Crippen molar-refractivity contribution in [2.45, 2.75) is 25.1 Å². The maximum absolute atomic E-state index is 5.05. The van der Waals surface area contributed by atoms with Gasteiger partial charge in [-0.1, -0.05) is 0 Å². The van der Waals surface area contributed by atoms with Crippen molar-refractivity contribution >= 4 is 15.0 Å². The molecule has 0 N–H and O–H groups in total. The predicted molar refractivity (Wildman–Crippen MR) is 34.3 cm³/mol. The topological polar surface area (TPSA) is 0 Å². The SMILES string of the molecule is C#C[Se]CCCC. The van der Waals surface area contributed by atoms with Gasteiger partial charge in [-0.3, -0.25) is 0 Å². The Hall–Kier alpha value is 0.0795. The molecule has 0 saturated carbocycles. The van der Waals surface area contributed by atoms with Gasteiger partial charge >= 0.3 is 51.3 Å². The van der Waals surface area contributed by atoms with E-state index in [-0.39, 0.29) is 0 Å². The number of unbranched alkanes of at least 4 members (excludes halogenated alkanes) is 1. The van der Waals surface area contributed by atoms with Crippen LogP contribution in [0.5, 0.6) is 0 Å². The van der Waals surface area contributed by atoms with Crippen molar-refractivity contribution < 1.29 is 0 Å². The molecule has 7 heavy (non-hydrogen) atoms. The van der Waals surface area contributed by atoms with Gasteiger partial charge in [0.05, 0.1) is 0 Å². The summed E-state index contributed by atoms with van der Waals surface area (Å²) in [5, 5.41) is 1.26. The van der Waals surface area contributed by atoms with E-state index in [1.165, 1.54) is 18.2 Å². The van der Waals surface area contributed by atoms with E-state index in [0.29, 0.717) is 15.0 Å². The molecule has 0 saturated heterocycles. The van der Waals surface area contributed by atoms with Gasteiger partial charge in [0, 0.05) is 0 Å². The summed E-state index contributed by atoms with van der Waals surface area (Å²) >= 11 is 0.496. The minimum atomic E-state index is 0.496. The number of terminal acetylenes is 1. The van der Waals surface area contributed by atoms with Crippen molar-refractivity contribution in [2.75, 3.05) is 0 Å². The van der Waals surface area contributed by atoms with Crippen LogP contribution in [0.15, 0.2) is 0 Å². The van der Waals surface area contributed by atoms with Crippen LogP contribution in [0, 0.1) is 11.2 Å². The van der Waals surface area contributed by atoms with Crippen molar-refractivity contribution in [1.82, 2.24) is 0 Å². The van der Waals surface area contributed by atoms with Gasteiger partial charge in [-0.05, 0) is 0 Å². The summed E-state index contributed by atoms with van der Waals surface area (Å²) < 4.78 is 0. The monoisotopic (exact) mass is 162 g/mol. The first-order valence-electron chi connectivity index (χ1n) is 2.49. The molecule has 0 aromatic heterocycles. The zero-order valence-electron chi connectivity index (χ0n) is 4.61. The second-order valence-electron chi connectivity index (χ2n) is 1.32. The molecule has 0 aromatic rings. The van der Waals surface area contributed by atoms with Gasteiger partial charge < -0.3 is 0 Å². The third kappa shape index (κ3) is 6.08. The summed E-state index contributed by atoms with van der Waals surface area (Å²) in [6.07, 6.45) is 7.64. The van der Waals surface area contributed by atoms with Gasteiger partial charge in [-0.25, -0.2) is 0 Å². The zero-order valence-corrected chi connectivity index (χ0v) is 6.32. The minimum absolute atomic E-state index is 0.496. The Bertz CT molecular complexity index is 61.1. The molecule has 0 amide bonds. The van der Waals surface area contributed by atoms with Gasteiger partial charge in [0.1, 0.15) is 0 Å². The molecule has 0 aromatic carbocycles. The summed E-state index contributed by atoms with van der Waals surface area (Å²) in [6, 6.07) is 0. The third-order valence-corrected chi connectivity index (χ3v) is 2.07. The van der Waals surface area contributed by atoms with Gasteiger partial charge in [0.25, 0.3) is 0 Å². The van der Waals surface area contributed by atoms with Crippen molar-refractivity contribution in [2.24, 2.45) is 0 Å².